The van der Waals surface area contributed by atoms with E-state index < -0.39 is 36.0 Å². The van der Waals surface area contributed by atoms with Crippen molar-refractivity contribution in [3.8, 4) is 0 Å². The third kappa shape index (κ3) is 4.07. The summed E-state index contributed by atoms with van der Waals surface area (Å²) >= 11 is 0. The quantitative estimate of drug-likeness (QED) is 0.314. The molecule has 0 aromatic rings. The van der Waals surface area contributed by atoms with Crippen LogP contribution in [0.1, 0.15) is 0 Å². The van der Waals surface area contributed by atoms with Gasteiger partial charge >= 0.3 is 36.0 Å². The zero-order valence-electron chi connectivity index (χ0n) is 9.92. The molecule has 24 heavy (non-hydrogen) atoms. The van der Waals surface area contributed by atoms with Gasteiger partial charge in [-0.05, 0) is 0 Å². The summed E-state index contributed by atoms with van der Waals surface area (Å²) in [5.74, 6) is -31.7. The molecule has 0 N–H and O–H groups in total. The Kier molecular flexibility index (Phi) is 8.05. The van der Waals surface area contributed by atoms with Crippen molar-refractivity contribution in [2.75, 3.05) is 0 Å². The Bertz CT molecular complexity index is 372. The van der Waals surface area contributed by atoms with Crippen LogP contribution in [0.15, 0.2) is 0 Å². The summed E-state index contributed by atoms with van der Waals surface area (Å²) in [6, 6.07) is 0. The molecule has 0 fully saturated rings. The Balaban J connectivity index is -0.00000102. The Hall–Kier alpha value is -1.62. The lowest BCUT2D eigenvalue weighted by molar-refractivity contribution is -0.451. The van der Waals surface area contributed by atoms with Crippen molar-refractivity contribution in [1.29, 1.82) is 0 Å². The van der Waals surface area contributed by atoms with Gasteiger partial charge in [0.15, 0.2) is 4.75 Å². The number of alkyl halides is 14. The Morgan fingerprint density at radius 3 is 0.708 bits per heavy atom. The first-order valence-electron chi connectivity index (χ1n) is 4.23. The van der Waals surface area contributed by atoms with E-state index in [2.05, 4.69) is 0 Å². The number of hydrogen-bond donors (Lipinski definition) is 0. The van der Waals surface area contributed by atoms with Crippen molar-refractivity contribution in [2.45, 2.75) is 36.0 Å². The van der Waals surface area contributed by atoms with Crippen molar-refractivity contribution in [2.24, 2.45) is 0 Å². The van der Waals surface area contributed by atoms with E-state index in [1.54, 1.807) is 4.75 Å². The molecular formula is C6F14O4. The summed E-state index contributed by atoms with van der Waals surface area (Å²) in [6.45, 7) is 0. The van der Waals surface area contributed by atoms with E-state index in [1.807, 2.05) is 0 Å². The predicted molar refractivity (Wildman–Crippen MR) is 39.3 cm³/mol. The summed E-state index contributed by atoms with van der Waals surface area (Å²) in [5.41, 5.74) is 0. The van der Waals surface area contributed by atoms with E-state index in [1.165, 1.54) is 0 Å². The molecule has 4 nitrogen and oxygen atoms in total. The lowest BCUT2D eigenvalue weighted by Crippen LogP contribution is -2.69. The molecule has 0 saturated heterocycles. The average Bonchev–Trinajstić information content (AvgIpc) is 2.26. The molecule has 0 aromatic heterocycles. The molecule has 0 rings (SSSR count). The third-order valence-corrected chi connectivity index (χ3v) is 1.90. The summed E-state index contributed by atoms with van der Waals surface area (Å²) in [5, 5.41) is 7.88. The second kappa shape index (κ2) is 7.09. The van der Waals surface area contributed by atoms with E-state index >= 15 is 0 Å². The zero-order valence-corrected chi connectivity index (χ0v) is 9.92. The first-order valence-corrected chi connectivity index (χ1v) is 4.23. The van der Waals surface area contributed by atoms with Crippen LogP contribution in [0.3, 0.4) is 0 Å². The molecule has 0 atom stereocenters. The monoisotopic (exact) mass is 402 g/mol. The third-order valence-electron chi connectivity index (χ3n) is 1.90. The van der Waals surface area contributed by atoms with Gasteiger partial charge in [0.05, 0.1) is 0 Å². The minimum absolute atomic E-state index is 0. The molecule has 0 saturated carbocycles. The predicted octanol–water partition coefficient (Wildman–Crippen LogP) is 3.41. The fourth-order valence-electron chi connectivity index (χ4n) is 0.750. The summed E-state index contributed by atoms with van der Waals surface area (Å²) in [6.07, 6.45) is -15.0. The van der Waals surface area contributed by atoms with Gasteiger partial charge in [0.1, 0.15) is 0 Å². The molecule has 0 heterocycles. The van der Waals surface area contributed by atoms with Crippen molar-refractivity contribution >= 4 is 0 Å². The molecular weight excluding hydrogens is 402 g/mol. The minimum atomic E-state index is -8.04. The fourth-order valence-corrected chi connectivity index (χ4v) is 0.750. The largest absolute Gasteiger partial charge is 0.460 e. The van der Waals surface area contributed by atoms with Crippen LogP contribution < -0.4 is 5.26 Å². The van der Waals surface area contributed by atoms with Crippen LogP contribution in [-0.4, -0.2) is 36.0 Å². The molecule has 0 amide bonds. The van der Waals surface area contributed by atoms with Gasteiger partial charge in [0.25, 0.3) is 0 Å². The maximum Gasteiger partial charge on any atom is 0.460 e. The van der Waals surface area contributed by atoms with Crippen molar-refractivity contribution in [3.63, 3.8) is 0 Å². The topological polar surface area (TPSA) is 79.9 Å². The molecule has 146 valence electrons. The summed E-state index contributed by atoms with van der Waals surface area (Å²) in [7, 11) is 0. The maximum absolute atomic E-state index is 12.3. The van der Waals surface area contributed by atoms with E-state index in [0.717, 1.165) is 0 Å². The van der Waals surface area contributed by atoms with Crippen molar-refractivity contribution in [1.82, 2.24) is 0 Å². The molecule has 0 aliphatic heterocycles. The van der Waals surface area contributed by atoms with Gasteiger partial charge in [0, 0.05) is 5.48 Å². The first-order chi connectivity index (χ1) is 9.66. The van der Waals surface area contributed by atoms with Crippen LogP contribution in [0.4, 0.5) is 61.5 Å². The number of halogens is 14. The normalized spacial score (nSPS) is 14.2. The van der Waals surface area contributed by atoms with E-state index in [-0.39, 0.29) is 5.48 Å². The summed E-state index contributed by atoms with van der Waals surface area (Å²) < 4.78 is 168. The van der Waals surface area contributed by atoms with Gasteiger partial charge < -0.3 is 0 Å². The van der Waals surface area contributed by atoms with Crippen LogP contribution in [0.2, 0.25) is 0 Å². The van der Waals surface area contributed by atoms with Crippen molar-refractivity contribution in [3.05, 3.63) is 9.71 Å². The highest BCUT2D eigenvalue weighted by molar-refractivity contribution is 5.08. The highest BCUT2D eigenvalue weighted by Gasteiger charge is 2.91. The number of hydrogen-bond acceptors (Lipinski definition) is 2. The molecule has 18 heteroatoms. The molecule has 0 aliphatic carbocycles. The van der Waals surface area contributed by atoms with Gasteiger partial charge in [0.2, 0.25) is 0 Å². The lowest BCUT2D eigenvalue weighted by Gasteiger charge is -2.37. The van der Waals surface area contributed by atoms with Crippen LogP contribution >= 0.6 is 0 Å². The SMILES string of the molecule is FC(F)(F)C(F)(F)C(F)(F)C(F)(F)C(F)(F)C(F)(F)F.O=[O+][O-].[O]. The molecule has 0 aromatic carbocycles. The van der Waals surface area contributed by atoms with E-state index in [0.29, 0.717) is 0 Å². The fraction of sp³-hybridized carbons (Fsp3) is 1.00. The Labute approximate surface area is 119 Å². The van der Waals surface area contributed by atoms with E-state index in [4.69, 9.17) is 10.2 Å². The van der Waals surface area contributed by atoms with Gasteiger partial charge in [-0.25, -0.2) is 0 Å². The van der Waals surface area contributed by atoms with Gasteiger partial charge in [-0.2, -0.15) is 61.5 Å². The second-order valence-corrected chi connectivity index (χ2v) is 3.36. The summed E-state index contributed by atoms with van der Waals surface area (Å²) in [4.78, 5) is 7.88. The maximum atomic E-state index is 12.3. The van der Waals surface area contributed by atoms with Crippen molar-refractivity contribution < 1.29 is 72.2 Å². The highest BCUT2D eigenvalue weighted by atomic mass is 19.4. The smallest absolute Gasteiger partial charge is 0.192 e. The Morgan fingerprint density at radius 1 is 0.500 bits per heavy atom. The zero-order chi connectivity index (χ0) is 19.7. The van der Waals surface area contributed by atoms with Crippen LogP contribution in [0.5, 0.6) is 0 Å². The number of rotatable bonds is 3. The molecule has 0 spiro atoms. The molecule has 0 bridgehead atoms. The molecule has 2 radical (unpaired) electrons. The molecule has 0 unspecified atom stereocenters. The standard InChI is InChI=1S/C6F14.O3.O/c7-1(8,3(11,12)5(15,16)17)2(9,10)4(13,14)6(18,19)20;1-3-2;. The average molecular weight is 402 g/mol. The van der Waals surface area contributed by atoms with Gasteiger partial charge in [-0.15, -0.1) is 0 Å². The Morgan fingerprint density at radius 2 is 0.625 bits per heavy atom. The van der Waals surface area contributed by atoms with Crippen LogP contribution in [0.25, 0.3) is 0 Å². The second-order valence-electron chi connectivity index (χ2n) is 3.36. The van der Waals surface area contributed by atoms with Gasteiger partial charge in [-0.1, -0.05) is 10.2 Å². The lowest BCUT2D eigenvalue weighted by atomic mass is 9.98. The van der Waals surface area contributed by atoms with Crippen LogP contribution in [-0.2, 0) is 5.48 Å². The molecule has 0 aliphatic rings. The minimum Gasteiger partial charge on any atom is -0.192 e. The van der Waals surface area contributed by atoms with Gasteiger partial charge in [-0.3, -0.25) is 0 Å². The first kappa shape index (κ1) is 27.2. The highest BCUT2D eigenvalue weighted by Crippen LogP contribution is 2.60. The van der Waals surface area contributed by atoms with E-state index in [9.17, 15) is 61.5 Å². The van der Waals surface area contributed by atoms with Crippen LogP contribution in [0, 0.1) is 9.71 Å².